The fraction of sp³-hybridized carbons (Fsp3) is 1.00. The Hall–Kier alpha value is 0.205. The molecule has 0 aliphatic carbocycles. The van der Waals surface area contributed by atoms with Gasteiger partial charge < -0.3 is 48.0 Å². The maximum atomic E-state index is 9.25. The lowest BCUT2D eigenvalue weighted by Gasteiger charge is -2.25. The minimum atomic E-state index is -4.65. The summed E-state index contributed by atoms with van der Waals surface area (Å²) in [5.41, 5.74) is 0. The van der Waals surface area contributed by atoms with E-state index in [4.69, 9.17) is 10.2 Å². The normalized spacial score (nSPS) is 7.53. The summed E-state index contributed by atoms with van der Waals surface area (Å²) in [6, 6.07) is 0. The number of phosphoric ester groups is 2. The summed E-state index contributed by atoms with van der Waals surface area (Å²) in [6.07, 6.45) is 5.28. The highest BCUT2D eigenvalue weighted by Gasteiger charge is 1.76. The van der Waals surface area contributed by atoms with Crippen molar-refractivity contribution in [3.8, 4) is 0 Å². The lowest BCUT2D eigenvalue weighted by Crippen LogP contribution is -2.14. The number of unbranched alkanes of at least 4 members (excludes halogenated alkanes) is 2. The van der Waals surface area contributed by atoms with E-state index < -0.39 is 15.6 Å². The van der Waals surface area contributed by atoms with E-state index in [1.54, 1.807) is 0 Å². The molecule has 0 bridgehead atoms. The zero-order chi connectivity index (χ0) is 25.2. The first-order chi connectivity index (χ1) is 12.9. The summed E-state index contributed by atoms with van der Waals surface area (Å²) in [6.45, 7) is 16.7. The Morgan fingerprint density at radius 2 is 0.700 bits per heavy atom. The van der Waals surface area contributed by atoms with Crippen molar-refractivity contribution in [2.45, 2.75) is 88.5 Å². The Balaban J connectivity index is -0.0000000169. The van der Waals surface area contributed by atoms with Crippen LogP contribution in [0.25, 0.3) is 0 Å². The van der Waals surface area contributed by atoms with Crippen LogP contribution in [0.1, 0.15) is 89.9 Å². The van der Waals surface area contributed by atoms with Gasteiger partial charge in [0.2, 0.25) is 0 Å². The lowest BCUT2D eigenvalue weighted by molar-refractivity contribution is -0.341. The van der Waals surface area contributed by atoms with Crippen LogP contribution in [0.15, 0.2) is 0 Å². The van der Waals surface area contributed by atoms with Crippen molar-refractivity contribution in [2.24, 2.45) is 0 Å². The molecule has 0 saturated carbocycles. The van der Waals surface area contributed by atoms with E-state index in [1.165, 1.54) is 25.7 Å². The van der Waals surface area contributed by atoms with E-state index in [-0.39, 0.29) is 17.3 Å². The monoisotopic (exact) mass is 490 g/mol. The number of hydrogen-bond acceptors (Lipinski definition) is 10. The van der Waals surface area contributed by atoms with Gasteiger partial charge in [-0.3, -0.25) is 0 Å². The Labute approximate surface area is 191 Å². The Morgan fingerprint density at radius 3 is 0.700 bits per heavy atom. The van der Waals surface area contributed by atoms with Crippen molar-refractivity contribution < 1.29 is 49.4 Å². The molecule has 0 fully saturated rings. The molecule has 197 valence electrons. The number of aliphatic hydroxyl groups is 2. The van der Waals surface area contributed by atoms with Crippen LogP contribution < -0.4 is 19.6 Å². The van der Waals surface area contributed by atoms with Gasteiger partial charge in [0.15, 0.2) is 0 Å². The van der Waals surface area contributed by atoms with Gasteiger partial charge >= 0.3 is 0 Å². The number of aliphatic hydroxyl groups excluding tert-OH is 2. The maximum absolute atomic E-state index is 9.25. The van der Waals surface area contributed by atoms with Gasteiger partial charge in [-0.2, -0.15) is 0 Å². The molecule has 30 heavy (non-hydrogen) atoms. The van der Waals surface area contributed by atoms with E-state index in [0.717, 1.165) is 28.4 Å². The van der Waals surface area contributed by atoms with Crippen molar-refractivity contribution in [1.29, 1.82) is 0 Å². The quantitative estimate of drug-likeness (QED) is 0.437. The molecule has 0 rings (SSSR count). The van der Waals surface area contributed by atoms with Crippen molar-refractivity contribution >= 4 is 24.1 Å². The molecule has 3 radical (unpaired) electrons. The van der Waals surface area contributed by atoms with Crippen LogP contribution in [0.4, 0.5) is 0 Å². The Morgan fingerprint density at radius 1 is 0.633 bits per heavy atom. The molecule has 0 aromatic heterocycles. The van der Waals surface area contributed by atoms with Crippen molar-refractivity contribution in [3.05, 3.63) is 0 Å². The molecule has 0 saturated heterocycles. The minimum absolute atomic E-state index is 0. The molecule has 0 unspecified atom stereocenters. The SMILES string of the molecule is C.CC.CC.CCCC.CCCC.CO.CO.COP(=O)([O-])[O-].COP(=O)([O-])[O-].[2HH].[B]. The largest absolute Gasteiger partial charge is 0.790 e. The fourth-order valence-electron chi connectivity index (χ4n) is 0. The smallest absolute Gasteiger partial charge is 0.0592 e. The second-order valence-electron chi connectivity index (χ2n) is 3.26. The summed E-state index contributed by atoms with van der Waals surface area (Å²) in [4.78, 5) is 37.0. The highest BCUT2D eigenvalue weighted by atomic mass is 31.2. The Bertz CT molecular complexity index is 239. The second kappa shape index (κ2) is 70.1. The topological polar surface area (TPSA) is 185 Å². The van der Waals surface area contributed by atoms with E-state index >= 15 is 0 Å². The summed E-state index contributed by atoms with van der Waals surface area (Å²) < 4.78 is 25.3. The van der Waals surface area contributed by atoms with Crippen molar-refractivity contribution in [2.75, 3.05) is 28.4 Å². The van der Waals surface area contributed by atoms with Crippen LogP contribution in [0.5, 0.6) is 0 Å². The molecule has 10 nitrogen and oxygen atoms in total. The molecule has 0 aliphatic rings. The van der Waals surface area contributed by atoms with Crippen molar-refractivity contribution in [1.82, 2.24) is 0 Å². The molecule has 0 aromatic carbocycles. The van der Waals surface area contributed by atoms with Crippen LogP contribution in [0.3, 0.4) is 0 Å². The summed E-state index contributed by atoms with van der Waals surface area (Å²) in [5, 5.41) is 14.0. The predicted molar refractivity (Wildman–Crippen MR) is 124 cm³/mol. The van der Waals surface area contributed by atoms with E-state index in [2.05, 4.69) is 36.7 Å². The van der Waals surface area contributed by atoms with E-state index in [1.807, 2.05) is 27.7 Å². The molecular formula is C17H52BO10P2-4. The molecule has 0 aliphatic heterocycles. The predicted octanol–water partition coefficient (Wildman–Crippen LogP) is 2.31. The molecule has 0 amide bonds. The average Bonchev–Trinajstić information content (AvgIpc) is 2.73. The molecule has 0 atom stereocenters. The van der Waals surface area contributed by atoms with Gasteiger partial charge in [-0.1, -0.05) is 88.5 Å². The number of rotatable bonds is 4. The summed E-state index contributed by atoms with van der Waals surface area (Å²) >= 11 is 0. The lowest BCUT2D eigenvalue weighted by atomic mass is 10.4. The van der Waals surface area contributed by atoms with Gasteiger partial charge in [0, 0.05) is 38.3 Å². The third-order valence-corrected chi connectivity index (χ3v) is 2.34. The first-order valence-corrected chi connectivity index (χ1v) is 11.9. The van der Waals surface area contributed by atoms with Crippen molar-refractivity contribution in [3.63, 3.8) is 0 Å². The van der Waals surface area contributed by atoms with Gasteiger partial charge in [0.25, 0.3) is 0 Å². The summed E-state index contributed by atoms with van der Waals surface area (Å²) in [5.74, 6) is 0. The zero-order valence-electron chi connectivity index (χ0n) is 20.5. The maximum Gasteiger partial charge on any atom is 0.0592 e. The third-order valence-electron chi connectivity index (χ3n) is 1.45. The van der Waals surface area contributed by atoms with Gasteiger partial charge in [-0.05, 0) is 0 Å². The van der Waals surface area contributed by atoms with Gasteiger partial charge in [-0.15, -0.1) is 0 Å². The van der Waals surface area contributed by atoms with Crippen LogP contribution in [-0.4, -0.2) is 47.1 Å². The fourth-order valence-corrected chi connectivity index (χ4v) is 0. The minimum Gasteiger partial charge on any atom is -0.790 e. The molecule has 13 heteroatoms. The number of hydrogen-bond donors (Lipinski definition) is 2. The average molecular weight is 490 g/mol. The molecule has 0 spiro atoms. The van der Waals surface area contributed by atoms with Gasteiger partial charge in [-0.25, -0.2) is 0 Å². The molecule has 0 heterocycles. The van der Waals surface area contributed by atoms with Gasteiger partial charge in [0.1, 0.15) is 0 Å². The van der Waals surface area contributed by atoms with E-state index in [0.29, 0.717) is 0 Å². The second-order valence-corrected chi connectivity index (χ2v) is 5.78. The highest BCUT2D eigenvalue weighted by molar-refractivity contribution is 7.43. The molecule has 2 N–H and O–H groups in total. The number of phosphoric acid groups is 2. The van der Waals surface area contributed by atoms with E-state index in [9.17, 15) is 28.7 Å². The van der Waals surface area contributed by atoms with Crippen LogP contribution in [0, 0.1) is 0 Å². The first kappa shape index (κ1) is 63.1. The summed E-state index contributed by atoms with van der Waals surface area (Å²) in [7, 11) is -5.65. The van der Waals surface area contributed by atoms with Crippen LogP contribution in [0.2, 0.25) is 0 Å². The molecule has 0 aromatic rings. The zero-order valence-corrected chi connectivity index (χ0v) is 22.2. The first-order valence-electron chi connectivity index (χ1n) is 9.00. The van der Waals surface area contributed by atoms with Crippen LogP contribution in [-0.2, 0) is 18.2 Å². The van der Waals surface area contributed by atoms with Gasteiger partial charge in [0.05, 0.1) is 15.6 Å². The van der Waals surface area contributed by atoms with Crippen LogP contribution >= 0.6 is 15.6 Å². The Kier molecular flexibility index (Phi) is 147. The highest BCUT2D eigenvalue weighted by Crippen LogP contribution is 2.21. The third kappa shape index (κ3) is 310. The standard InChI is InChI=1S/2C4H10.2C2H6.2CH5O4P.2CH4O.CH4.B.H2/c2*1-3-4-2;2*1-2;2*1-5-6(2,3)4;2*1-2;;;/h2*3-4H2,1-2H3;2*1-2H3;2*1H3,(H2,2,3,4);2*2H,1H3;1H4;;1H/p-4/i;;;;;;;;;;1+1. The molecular weight excluding hydrogens is 437 g/mol.